The quantitative estimate of drug-likeness (QED) is 0.588. The Bertz CT molecular complexity index is 1320. The van der Waals surface area contributed by atoms with Crippen molar-refractivity contribution in [3.05, 3.63) is 35.5 Å². The first-order valence-electron chi connectivity index (χ1n) is 12.8. The van der Waals surface area contributed by atoms with Crippen molar-refractivity contribution in [2.24, 2.45) is 5.41 Å². The molecule has 1 aromatic carbocycles. The molecule has 0 amide bonds. The van der Waals surface area contributed by atoms with Gasteiger partial charge in [-0.15, -0.1) is 0 Å². The lowest BCUT2D eigenvalue weighted by molar-refractivity contribution is -0.136. The summed E-state index contributed by atoms with van der Waals surface area (Å²) in [5.41, 5.74) is 3.66. The van der Waals surface area contributed by atoms with E-state index in [1.165, 1.54) is 9.87 Å². The number of carbonyl (C=O) groups excluding carboxylic acids is 1. The number of sulfonamides is 1. The fourth-order valence-corrected chi connectivity index (χ4v) is 8.19. The van der Waals surface area contributed by atoms with Gasteiger partial charge in [0.25, 0.3) is 0 Å². The van der Waals surface area contributed by atoms with Crippen LogP contribution < -0.4 is 0 Å². The molecular weight excluding hydrogens is 466 g/mol. The Hall–Kier alpha value is -2.20. The fraction of sp³-hybridized carbons (Fsp3) is 0.577. The summed E-state index contributed by atoms with van der Waals surface area (Å²) in [6.45, 7) is 7.91. The van der Waals surface area contributed by atoms with Gasteiger partial charge in [-0.3, -0.25) is 4.90 Å². The maximum absolute atomic E-state index is 13.4. The highest BCUT2D eigenvalue weighted by Crippen LogP contribution is 2.57. The van der Waals surface area contributed by atoms with Crippen LogP contribution in [0.2, 0.25) is 0 Å². The number of hydrogen-bond donors (Lipinski definition) is 0. The minimum atomic E-state index is -3.62. The van der Waals surface area contributed by atoms with Crippen LogP contribution in [0.3, 0.4) is 0 Å². The van der Waals surface area contributed by atoms with E-state index in [0.29, 0.717) is 43.5 Å². The Balaban J connectivity index is 1.57. The number of morpholine rings is 1. The number of esters is 1. The fourth-order valence-electron chi connectivity index (χ4n) is 6.76. The van der Waals surface area contributed by atoms with E-state index in [1.807, 2.05) is 19.1 Å². The van der Waals surface area contributed by atoms with Gasteiger partial charge in [-0.2, -0.15) is 4.31 Å². The maximum Gasteiger partial charge on any atom is 0.354 e. The molecule has 2 fully saturated rings. The minimum absolute atomic E-state index is 0.122. The Kier molecular flexibility index (Phi) is 5.60. The van der Waals surface area contributed by atoms with Gasteiger partial charge in [0.1, 0.15) is 5.70 Å². The number of piperidine rings is 1. The molecule has 0 bridgehead atoms. The molecular formula is C26H33N3O5S. The number of carbonyl (C=O) groups is 1. The number of aromatic nitrogens is 1. The van der Waals surface area contributed by atoms with E-state index in [1.54, 1.807) is 6.07 Å². The highest BCUT2D eigenvalue weighted by Gasteiger charge is 2.51. The van der Waals surface area contributed by atoms with Crippen LogP contribution in [-0.2, 0) is 30.7 Å². The van der Waals surface area contributed by atoms with Gasteiger partial charge in [0.05, 0.1) is 36.3 Å². The molecule has 0 radical (unpaired) electrons. The van der Waals surface area contributed by atoms with Crippen LogP contribution in [0.25, 0.3) is 16.6 Å². The van der Waals surface area contributed by atoms with Crippen LogP contribution in [0.1, 0.15) is 50.4 Å². The first kappa shape index (κ1) is 23.2. The minimum Gasteiger partial charge on any atom is -0.461 e. The summed E-state index contributed by atoms with van der Waals surface area (Å²) >= 11 is 0. The van der Waals surface area contributed by atoms with Gasteiger partial charge in [-0.1, -0.05) is 6.92 Å². The second kappa shape index (κ2) is 8.44. The molecule has 35 heavy (non-hydrogen) atoms. The topological polar surface area (TPSA) is 81.1 Å². The third-order valence-corrected chi connectivity index (χ3v) is 10.3. The van der Waals surface area contributed by atoms with Crippen LogP contribution in [0.15, 0.2) is 29.2 Å². The van der Waals surface area contributed by atoms with Crippen molar-refractivity contribution < 1.29 is 22.7 Å². The summed E-state index contributed by atoms with van der Waals surface area (Å²) in [6, 6.07) is 5.58. The van der Waals surface area contributed by atoms with E-state index in [9.17, 15) is 13.2 Å². The molecule has 8 nitrogen and oxygen atoms in total. The van der Waals surface area contributed by atoms with Crippen LogP contribution in [-0.4, -0.2) is 74.2 Å². The molecule has 5 heterocycles. The highest BCUT2D eigenvalue weighted by atomic mass is 32.2. The van der Waals surface area contributed by atoms with Crippen LogP contribution in [0.5, 0.6) is 0 Å². The van der Waals surface area contributed by atoms with E-state index in [0.717, 1.165) is 55.4 Å². The number of nitrogens with zero attached hydrogens (tertiary/aromatic N) is 3. The van der Waals surface area contributed by atoms with Crippen molar-refractivity contribution in [2.75, 3.05) is 46.0 Å². The lowest BCUT2D eigenvalue weighted by atomic mass is 9.66. The van der Waals surface area contributed by atoms with Crippen LogP contribution >= 0.6 is 0 Å². The van der Waals surface area contributed by atoms with Crippen molar-refractivity contribution in [3.63, 3.8) is 0 Å². The van der Waals surface area contributed by atoms with Gasteiger partial charge < -0.3 is 14.0 Å². The summed E-state index contributed by atoms with van der Waals surface area (Å²) in [5, 5.41) is 0.932. The Morgan fingerprint density at radius 3 is 2.71 bits per heavy atom. The van der Waals surface area contributed by atoms with Crippen molar-refractivity contribution in [1.29, 1.82) is 0 Å². The monoisotopic (exact) mass is 499 g/mol. The summed E-state index contributed by atoms with van der Waals surface area (Å²) < 4.78 is 41.3. The second-order valence-corrected chi connectivity index (χ2v) is 12.0. The molecule has 0 spiro atoms. The van der Waals surface area contributed by atoms with Crippen molar-refractivity contribution in [1.82, 2.24) is 13.8 Å². The maximum atomic E-state index is 13.4. The molecule has 0 aliphatic carbocycles. The third-order valence-electron chi connectivity index (χ3n) is 8.41. The molecule has 1 aromatic heterocycles. The number of hydrogen-bond acceptors (Lipinski definition) is 6. The van der Waals surface area contributed by atoms with Crippen molar-refractivity contribution >= 4 is 32.6 Å². The molecule has 0 unspecified atom stereocenters. The zero-order valence-corrected chi connectivity index (χ0v) is 21.3. The smallest absolute Gasteiger partial charge is 0.354 e. The van der Waals surface area contributed by atoms with Gasteiger partial charge in [0.2, 0.25) is 10.0 Å². The lowest BCUT2D eigenvalue weighted by Gasteiger charge is -2.53. The summed E-state index contributed by atoms with van der Waals surface area (Å²) in [4.78, 5) is 16.1. The lowest BCUT2D eigenvalue weighted by Crippen LogP contribution is -2.51. The number of fused-ring (bicyclic) bond motifs is 3. The number of rotatable bonds is 5. The van der Waals surface area contributed by atoms with Crippen LogP contribution in [0, 0.1) is 5.41 Å². The molecule has 9 heteroatoms. The molecule has 2 aromatic rings. The van der Waals surface area contributed by atoms with E-state index in [-0.39, 0.29) is 17.4 Å². The third kappa shape index (κ3) is 3.35. The Morgan fingerprint density at radius 1 is 1.17 bits per heavy atom. The van der Waals surface area contributed by atoms with E-state index >= 15 is 0 Å². The zero-order chi connectivity index (χ0) is 24.4. The van der Waals surface area contributed by atoms with E-state index < -0.39 is 10.0 Å². The average Bonchev–Trinajstić information content (AvgIpc) is 3.22. The van der Waals surface area contributed by atoms with Gasteiger partial charge in [0, 0.05) is 36.1 Å². The molecule has 188 valence electrons. The molecule has 6 rings (SSSR count). The molecule has 2 saturated heterocycles. The second-order valence-electron chi connectivity index (χ2n) is 10.0. The van der Waals surface area contributed by atoms with Gasteiger partial charge in [-0.25, -0.2) is 13.2 Å². The predicted octanol–water partition coefficient (Wildman–Crippen LogP) is 3.17. The van der Waals surface area contributed by atoms with Crippen LogP contribution in [0.4, 0.5) is 0 Å². The number of benzene rings is 1. The Labute approximate surface area is 206 Å². The Morgan fingerprint density at radius 2 is 1.97 bits per heavy atom. The summed E-state index contributed by atoms with van der Waals surface area (Å²) in [7, 11) is -3.62. The SMILES string of the molecule is CCOC(=O)C1=C[C@]2(CC)CCCN3CCc4c(n1c1ccc(S(=O)(=O)N5CCOCC5)cc41)[C@@H]32. The first-order chi connectivity index (χ1) is 16.9. The van der Waals surface area contributed by atoms with Gasteiger partial charge in [-0.05, 0) is 69.0 Å². The van der Waals surface area contributed by atoms with Gasteiger partial charge >= 0.3 is 5.97 Å². The molecule has 0 saturated carbocycles. The summed E-state index contributed by atoms with van der Waals surface area (Å²) in [5.74, 6) is -0.314. The van der Waals surface area contributed by atoms with E-state index in [4.69, 9.17) is 9.47 Å². The standard InChI is InChI=1S/C26H33N3O5S/c1-3-26-9-5-10-27-11-8-19-20-16-18(35(31,32)28-12-14-33-15-13-28)6-7-21(20)29(23(19)24(26)27)22(17-26)25(30)34-4-2/h6-7,16-17,24H,3-5,8-15H2,1-2H3/t24-,26+/m1/s1. The molecule has 4 aliphatic heterocycles. The zero-order valence-electron chi connectivity index (χ0n) is 20.5. The predicted molar refractivity (Wildman–Crippen MR) is 132 cm³/mol. The number of ether oxygens (including phenoxy) is 2. The molecule has 2 atom stereocenters. The molecule has 0 N–H and O–H groups in total. The molecule has 4 aliphatic rings. The van der Waals surface area contributed by atoms with Crippen molar-refractivity contribution in [3.8, 4) is 0 Å². The summed E-state index contributed by atoms with van der Waals surface area (Å²) in [6.07, 6.45) is 6.09. The largest absolute Gasteiger partial charge is 0.461 e. The van der Waals surface area contributed by atoms with E-state index in [2.05, 4.69) is 22.5 Å². The normalized spacial score (nSPS) is 26.9. The first-order valence-corrected chi connectivity index (χ1v) is 14.2. The van der Waals surface area contributed by atoms with Gasteiger partial charge in [0.15, 0.2) is 0 Å². The van der Waals surface area contributed by atoms with Crippen molar-refractivity contribution in [2.45, 2.75) is 50.5 Å². The highest BCUT2D eigenvalue weighted by molar-refractivity contribution is 7.89. The average molecular weight is 500 g/mol.